The first-order chi connectivity index (χ1) is 9.15. The van der Waals surface area contributed by atoms with Gasteiger partial charge in [0.25, 0.3) is 0 Å². The molecular weight excluding hydrogens is 245 g/mol. The van der Waals surface area contributed by atoms with Crippen LogP contribution in [-0.4, -0.2) is 55.5 Å². The van der Waals surface area contributed by atoms with Crippen molar-refractivity contribution in [3.8, 4) is 0 Å². The number of nitrogens with one attached hydrogen (secondary N) is 1. The van der Waals surface area contributed by atoms with Gasteiger partial charge in [-0.15, -0.1) is 0 Å². The lowest BCUT2D eigenvalue weighted by Gasteiger charge is -2.29. The SMILES string of the molecule is CN(CC(=O)N1CCNCC1)Cc1ccc(F)cc1. The Morgan fingerprint density at radius 1 is 1.32 bits per heavy atom. The van der Waals surface area contributed by atoms with E-state index >= 15 is 0 Å². The first-order valence-electron chi connectivity index (χ1n) is 6.56. The first kappa shape index (κ1) is 14.0. The maximum absolute atomic E-state index is 12.8. The Balaban J connectivity index is 1.81. The van der Waals surface area contributed by atoms with Gasteiger partial charge in [-0.1, -0.05) is 12.1 Å². The molecule has 1 saturated heterocycles. The van der Waals surface area contributed by atoms with E-state index in [1.165, 1.54) is 12.1 Å². The van der Waals surface area contributed by atoms with Crippen LogP contribution in [0.15, 0.2) is 24.3 Å². The summed E-state index contributed by atoms with van der Waals surface area (Å²) in [5.74, 6) is -0.0746. The van der Waals surface area contributed by atoms with Crippen molar-refractivity contribution in [2.75, 3.05) is 39.8 Å². The number of hydrogen-bond donors (Lipinski definition) is 1. The Kier molecular flexibility index (Phi) is 4.87. The molecule has 0 atom stereocenters. The average Bonchev–Trinajstić information content (AvgIpc) is 2.42. The molecule has 0 aromatic heterocycles. The molecular formula is C14H20FN3O. The van der Waals surface area contributed by atoms with Crippen molar-refractivity contribution in [2.24, 2.45) is 0 Å². The Labute approximate surface area is 113 Å². The molecule has 5 heteroatoms. The van der Waals surface area contributed by atoms with Crippen molar-refractivity contribution in [3.05, 3.63) is 35.6 Å². The summed E-state index contributed by atoms with van der Waals surface area (Å²) in [6.07, 6.45) is 0. The summed E-state index contributed by atoms with van der Waals surface area (Å²) in [7, 11) is 1.91. The van der Waals surface area contributed by atoms with Gasteiger partial charge < -0.3 is 10.2 Å². The number of piperazine rings is 1. The van der Waals surface area contributed by atoms with Crippen LogP contribution in [0, 0.1) is 5.82 Å². The van der Waals surface area contributed by atoms with Gasteiger partial charge in [0.15, 0.2) is 0 Å². The van der Waals surface area contributed by atoms with E-state index in [4.69, 9.17) is 0 Å². The van der Waals surface area contributed by atoms with Crippen molar-refractivity contribution in [3.63, 3.8) is 0 Å². The molecule has 0 aliphatic carbocycles. The second kappa shape index (κ2) is 6.63. The number of halogens is 1. The van der Waals surface area contributed by atoms with E-state index in [-0.39, 0.29) is 11.7 Å². The first-order valence-corrected chi connectivity index (χ1v) is 6.56. The largest absolute Gasteiger partial charge is 0.339 e. The smallest absolute Gasteiger partial charge is 0.236 e. The zero-order valence-electron chi connectivity index (χ0n) is 11.2. The normalized spacial score (nSPS) is 15.8. The molecule has 2 rings (SSSR count). The van der Waals surface area contributed by atoms with E-state index in [2.05, 4.69) is 5.32 Å². The summed E-state index contributed by atoms with van der Waals surface area (Å²) in [4.78, 5) is 15.9. The third kappa shape index (κ3) is 4.29. The number of likely N-dealkylation sites (N-methyl/N-ethyl adjacent to an activating group) is 1. The fourth-order valence-corrected chi connectivity index (χ4v) is 2.20. The quantitative estimate of drug-likeness (QED) is 0.870. The highest BCUT2D eigenvalue weighted by Crippen LogP contribution is 2.06. The van der Waals surface area contributed by atoms with Crippen LogP contribution in [0.2, 0.25) is 0 Å². The van der Waals surface area contributed by atoms with Gasteiger partial charge in [-0.2, -0.15) is 0 Å². The third-order valence-corrected chi connectivity index (χ3v) is 3.24. The number of benzene rings is 1. The molecule has 0 radical (unpaired) electrons. The zero-order valence-corrected chi connectivity index (χ0v) is 11.2. The van der Waals surface area contributed by atoms with Crippen molar-refractivity contribution < 1.29 is 9.18 Å². The Morgan fingerprint density at radius 3 is 2.58 bits per heavy atom. The third-order valence-electron chi connectivity index (χ3n) is 3.24. The van der Waals surface area contributed by atoms with E-state index in [0.29, 0.717) is 13.1 Å². The fraction of sp³-hybridized carbons (Fsp3) is 0.500. The predicted molar refractivity (Wildman–Crippen MR) is 72.2 cm³/mol. The lowest BCUT2D eigenvalue weighted by Crippen LogP contribution is -2.49. The Bertz CT molecular complexity index is 415. The standard InChI is InChI=1S/C14H20FN3O/c1-17(10-12-2-4-13(15)5-3-12)11-14(19)18-8-6-16-7-9-18/h2-5,16H,6-11H2,1H3. The highest BCUT2D eigenvalue weighted by atomic mass is 19.1. The highest BCUT2D eigenvalue weighted by Gasteiger charge is 2.17. The van der Waals surface area contributed by atoms with Gasteiger partial charge in [-0.3, -0.25) is 9.69 Å². The van der Waals surface area contributed by atoms with Gasteiger partial charge in [0.2, 0.25) is 5.91 Å². The number of carbonyl (C=O) groups is 1. The average molecular weight is 265 g/mol. The number of amides is 1. The number of carbonyl (C=O) groups excluding carboxylic acids is 1. The molecule has 1 aliphatic rings. The lowest BCUT2D eigenvalue weighted by molar-refractivity contribution is -0.132. The molecule has 1 N–H and O–H groups in total. The minimum atomic E-state index is -0.233. The van der Waals surface area contributed by atoms with Crippen molar-refractivity contribution in [2.45, 2.75) is 6.54 Å². The van der Waals surface area contributed by atoms with Crippen LogP contribution in [0.5, 0.6) is 0 Å². The second-order valence-corrected chi connectivity index (χ2v) is 4.93. The molecule has 19 heavy (non-hydrogen) atoms. The van der Waals surface area contributed by atoms with Crippen molar-refractivity contribution in [1.82, 2.24) is 15.1 Å². The van der Waals surface area contributed by atoms with Gasteiger partial charge in [-0.05, 0) is 24.7 Å². The minimum Gasteiger partial charge on any atom is -0.339 e. The summed E-state index contributed by atoms with van der Waals surface area (Å²) in [6.45, 7) is 4.35. The summed E-state index contributed by atoms with van der Waals surface area (Å²) >= 11 is 0. The van der Waals surface area contributed by atoms with Gasteiger partial charge in [0, 0.05) is 32.7 Å². The molecule has 1 amide bonds. The molecule has 1 aliphatic heterocycles. The van der Waals surface area contributed by atoms with Gasteiger partial charge >= 0.3 is 0 Å². The van der Waals surface area contributed by atoms with Gasteiger partial charge in [-0.25, -0.2) is 4.39 Å². The van der Waals surface area contributed by atoms with Crippen LogP contribution in [0.3, 0.4) is 0 Å². The fourth-order valence-electron chi connectivity index (χ4n) is 2.20. The van der Waals surface area contributed by atoms with E-state index in [9.17, 15) is 9.18 Å². The summed E-state index contributed by atoms with van der Waals surface area (Å²) in [5.41, 5.74) is 1.01. The molecule has 0 unspecified atom stereocenters. The van der Waals surface area contributed by atoms with E-state index in [0.717, 1.165) is 31.7 Å². The maximum atomic E-state index is 12.8. The molecule has 1 heterocycles. The molecule has 104 valence electrons. The highest BCUT2D eigenvalue weighted by molar-refractivity contribution is 5.78. The molecule has 0 saturated carbocycles. The minimum absolute atomic E-state index is 0.158. The molecule has 4 nitrogen and oxygen atoms in total. The molecule has 1 aromatic carbocycles. The van der Waals surface area contributed by atoms with Crippen LogP contribution in [0.25, 0.3) is 0 Å². The topological polar surface area (TPSA) is 35.6 Å². The number of rotatable bonds is 4. The van der Waals surface area contributed by atoms with Crippen molar-refractivity contribution in [1.29, 1.82) is 0 Å². The molecule has 0 spiro atoms. The van der Waals surface area contributed by atoms with E-state index in [1.54, 1.807) is 12.1 Å². The van der Waals surface area contributed by atoms with Crippen molar-refractivity contribution >= 4 is 5.91 Å². The number of nitrogens with zero attached hydrogens (tertiary/aromatic N) is 2. The maximum Gasteiger partial charge on any atom is 0.236 e. The van der Waals surface area contributed by atoms with Crippen LogP contribution in [0.4, 0.5) is 4.39 Å². The van der Waals surface area contributed by atoms with Gasteiger partial charge in [0.1, 0.15) is 5.82 Å². The predicted octanol–water partition coefficient (Wildman–Crippen LogP) is 0.689. The lowest BCUT2D eigenvalue weighted by atomic mass is 10.2. The van der Waals surface area contributed by atoms with E-state index in [1.807, 2.05) is 16.8 Å². The van der Waals surface area contributed by atoms with Crippen LogP contribution < -0.4 is 5.32 Å². The van der Waals surface area contributed by atoms with Crippen LogP contribution in [-0.2, 0) is 11.3 Å². The van der Waals surface area contributed by atoms with Crippen LogP contribution >= 0.6 is 0 Å². The Morgan fingerprint density at radius 2 is 1.95 bits per heavy atom. The molecule has 1 aromatic rings. The monoisotopic (exact) mass is 265 g/mol. The zero-order chi connectivity index (χ0) is 13.7. The molecule has 1 fully saturated rings. The summed E-state index contributed by atoms with van der Waals surface area (Å²) in [6, 6.07) is 6.39. The summed E-state index contributed by atoms with van der Waals surface area (Å²) < 4.78 is 12.8. The second-order valence-electron chi connectivity index (χ2n) is 4.93. The van der Waals surface area contributed by atoms with Crippen LogP contribution in [0.1, 0.15) is 5.56 Å². The molecule has 0 bridgehead atoms. The Hall–Kier alpha value is -1.46. The van der Waals surface area contributed by atoms with E-state index < -0.39 is 0 Å². The van der Waals surface area contributed by atoms with Gasteiger partial charge in [0.05, 0.1) is 6.54 Å². The number of hydrogen-bond acceptors (Lipinski definition) is 3. The summed E-state index contributed by atoms with van der Waals surface area (Å²) in [5, 5.41) is 3.23.